The Kier molecular flexibility index (Phi) is 8.06. The van der Waals surface area contributed by atoms with E-state index in [1.54, 1.807) is 37.4 Å². The van der Waals surface area contributed by atoms with Crippen LogP contribution in [0.15, 0.2) is 65.3 Å². The van der Waals surface area contributed by atoms with Gasteiger partial charge in [-0.3, -0.25) is 0 Å². The van der Waals surface area contributed by atoms with Crippen molar-refractivity contribution in [3.8, 4) is 5.75 Å². The van der Waals surface area contributed by atoms with E-state index < -0.39 is 30.2 Å². The first-order chi connectivity index (χ1) is 14.6. The highest BCUT2D eigenvalue weighted by molar-refractivity contribution is 9.12. The summed E-state index contributed by atoms with van der Waals surface area (Å²) in [6.45, 7) is 6.25. The summed E-state index contributed by atoms with van der Waals surface area (Å²) in [5, 5.41) is 0. The Labute approximate surface area is 186 Å². The van der Waals surface area contributed by atoms with Crippen LogP contribution >= 0.6 is 15.9 Å². The second-order valence-corrected chi connectivity index (χ2v) is 7.15. The highest BCUT2D eigenvalue weighted by Gasteiger charge is 2.30. The molecule has 0 bridgehead atoms. The van der Waals surface area contributed by atoms with Crippen LogP contribution in [0.3, 0.4) is 0 Å². The molecule has 2 aromatic rings. The van der Waals surface area contributed by atoms with Crippen LogP contribution in [0.25, 0.3) is 11.3 Å². The van der Waals surface area contributed by atoms with Gasteiger partial charge in [0.2, 0.25) is 0 Å². The molecule has 2 nitrogen and oxygen atoms in total. The number of nitrogens with zero attached hydrogens (tertiary/aromatic N) is 1. The minimum Gasteiger partial charge on any atom is -0.484 e. The van der Waals surface area contributed by atoms with Crippen molar-refractivity contribution in [2.45, 2.75) is 20.0 Å². The lowest BCUT2D eigenvalue weighted by molar-refractivity contribution is -0.153. The maximum Gasteiger partial charge on any atom is 0.422 e. The number of halogens is 6. The Morgan fingerprint density at radius 1 is 1.03 bits per heavy atom. The van der Waals surface area contributed by atoms with Gasteiger partial charge in [-0.25, -0.2) is 8.78 Å². The predicted molar refractivity (Wildman–Crippen MR) is 116 cm³/mol. The molecule has 0 aliphatic carbocycles. The van der Waals surface area contributed by atoms with Crippen molar-refractivity contribution in [3.05, 3.63) is 88.1 Å². The molecule has 0 saturated carbocycles. The van der Waals surface area contributed by atoms with E-state index in [1.165, 1.54) is 4.90 Å². The van der Waals surface area contributed by atoms with Gasteiger partial charge < -0.3 is 9.64 Å². The summed E-state index contributed by atoms with van der Waals surface area (Å²) in [4.78, 5) is 1.52. The van der Waals surface area contributed by atoms with Crippen molar-refractivity contribution >= 4 is 27.2 Å². The molecule has 1 aliphatic rings. The maximum absolute atomic E-state index is 14.9. The molecule has 8 heteroatoms. The molecule has 1 aliphatic heterocycles. The molecule has 0 N–H and O–H groups in total. The van der Waals surface area contributed by atoms with Gasteiger partial charge in [0.05, 0.1) is 11.3 Å². The summed E-state index contributed by atoms with van der Waals surface area (Å²) in [5.41, 5.74) is 1.50. The number of ether oxygens (including phenoxy) is 1. The molecule has 3 rings (SSSR count). The molecule has 0 atom stereocenters. The van der Waals surface area contributed by atoms with Crippen molar-refractivity contribution in [2.75, 3.05) is 13.7 Å². The van der Waals surface area contributed by atoms with E-state index in [0.717, 1.165) is 12.1 Å². The lowest BCUT2D eigenvalue weighted by Crippen LogP contribution is -2.22. The van der Waals surface area contributed by atoms with Gasteiger partial charge in [-0.2, -0.15) is 13.2 Å². The largest absolute Gasteiger partial charge is 0.484 e. The molecule has 0 fully saturated rings. The Morgan fingerprint density at radius 2 is 1.58 bits per heavy atom. The summed E-state index contributed by atoms with van der Waals surface area (Å²) in [6, 6.07) is 10.4. The Hall–Kier alpha value is -2.61. The Balaban J connectivity index is 0.00000166. The van der Waals surface area contributed by atoms with Crippen molar-refractivity contribution in [1.29, 1.82) is 0 Å². The number of rotatable bonds is 4. The molecule has 0 amide bonds. The van der Waals surface area contributed by atoms with Crippen LogP contribution in [0.5, 0.6) is 5.75 Å². The first kappa shape index (κ1) is 24.7. The lowest BCUT2D eigenvalue weighted by atomic mass is 9.94. The van der Waals surface area contributed by atoms with E-state index in [9.17, 15) is 22.0 Å². The van der Waals surface area contributed by atoms with E-state index in [1.807, 2.05) is 19.9 Å². The standard InChI is InChI=1S/C21H15BrF5NO.C2H6/c1-12-16(22)10-15(13-6-4-3-5-7-13)20(28(12)2)19-17(23)8-14(9-18(19)24)29-11-21(25,26)27;1-2/h3-10H,1,11H2,2H3;1-2H3. The van der Waals surface area contributed by atoms with E-state index in [0.29, 0.717) is 21.3 Å². The van der Waals surface area contributed by atoms with E-state index >= 15 is 0 Å². The van der Waals surface area contributed by atoms with E-state index in [2.05, 4.69) is 27.2 Å². The van der Waals surface area contributed by atoms with Crippen LogP contribution < -0.4 is 4.74 Å². The highest BCUT2D eigenvalue weighted by atomic mass is 79.9. The monoisotopic (exact) mass is 501 g/mol. The third-order valence-corrected chi connectivity index (χ3v) is 4.97. The smallest absolute Gasteiger partial charge is 0.422 e. The Bertz CT molecular complexity index is 989. The predicted octanol–water partition coefficient (Wildman–Crippen LogP) is 7.54. The van der Waals surface area contributed by atoms with Crippen LogP contribution in [0.1, 0.15) is 25.0 Å². The van der Waals surface area contributed by atoms with Crippen molar-refractivity contribution in [3.63, 3.8) is 0 Å². The van der Waals surface area contributed by atoms with Gasteiger partial charge in [-0.15, -0.1) is 0 Å². The fourth-order valence-electron chi connectivity index (χ4n) is 2.92. The number of allylic oxidation sites excluding steroid dienone is 3. The summed E-state index contributed by atoms with van der Waals surface area (Å²) >= 11 is 3.39. The summed E-state index contributed by atoms with van der Waals surface area (Å²) < 4.78 is 71.9. The average Bonchev–Trinajstić information content (AvgIpc) is 2.73. The molecular weight excluding hydrogens is 481 g/mol. The van der Waals surface area contributed by atoms with Crippen LogP contribution in [-0.4, -0.2) is 24.7 Å². The maximum atomic E-state index is 14.9. The minimum absolute atomic E-state index is 0.196. The molecular formula is C23H21BrF5NO. The lowest BCUT2D eigenvalue weighted by Gasteiger charge is -2.31. The van der Waals surface area contributed by atoms with Crippen molar-refractivity contribution in [1.82, 2.24) is 4.90 Å². The number of likely N-dealkylation sites (N-methyl/N-ethyl adjacent to an activating group) is 1. The molecule has 0 spiro atoms. The van der Waals surface area contributed by atoms with E-state index in [-0.39, 0.29) is 11.3 Å². The van der Waals surface area contributed by atoms with Gasteiger partial charge in [0, 0.05) is 34.9 Å². The molecule has 31 heavy (non-hydrogen) atoms. The second-order valence-electron chi connectivity index (χ2n) is 6.29. The number of hydrogen-bond acceptors (Lipinski definition) is 2. The Morgan fingerprint density at radius 3 is 2.10 bits per heavy atom. The number of alkyl halides is 3. The summed E-state index contributed by atoms with van der Waals surface area (Å²) in [6.07, 6.45) is -2.92. The van der Waals surface area contributed by atoms with E-state index in [4.69, 9.17) is 0 Å². The molecule has 166 valence electrons. The van der Waals surface area contributed by atoms with Crippen LogP contribution in [0.4, 0.5) is 22.0 Å². The van der Waals surface area contributed by atoms with Gasteiger partial charge >= 0.3 is 6.18 Å². The van der Waals surface area contributed by atoms with Crippen LogP contribution in [-0.2, 0) is 0 Å². The highest BCUT2D eigenvalue weighted by Crippen LogP contribution is 2.42. The molecule has 0 saturated heterocycles. The molecule has 0 aromatic heterocycles. The number of hydrogen-bond donors (Lipinski definition) is 0. The second kappa shape index (κ2) is 10.1. The number of benzene rings is 2. The van der Waals surface area contributed by atoms with Crippen molar-refractivity contribution in [2.24, 2.45) is 0 Å². The first-order valence-electron chi connectivity index (χ1n) is 9.37. The fraction of sp³-hybridized carbons (Fsp3) is 0.217. The third-order valence-electron chi connectivity index (χ3n) is 4.28. The zero-order valence-corrected chi connectivity index (χ0v) is 18.7. The van der Waals surface area contributed by atoms with Gasteiger partial charge in [0.15, 0.2) is 6.61 Å². The first-order valence-corrected chi connectivity index (χ1v) is 10.2. The van der Waals surface area contributed by atoms with Gasteiger partial charge in [-0.05, 0) is 27.6 Å². The van der Waals surface area contributed by atoms with Crippen molar-refractivity contribution < 1.29 is 26.7 Å². The zero-order chi connectivity index (χ0) is 23.3. The third kappa shape index (κ3) is 5.76. The normalized spacial score (nSPS) is 14.2. The minimum atomic E-state index is -4.62. The van der Waals surface area contributed by atoms with Gasteiger partial charge in [0.25, 0.3) is 0 Å². The average molecular weight is 502 g/mol. The quantitative estimate of drug-likeness (QED) is 0.401. The van der Waals surface area contributed by atoms with Gasteiger partial charge in [-0.1, -0.05) is 50.8 Å². The molecule has 2 aromatic carbocycles. The molecule has 0 radical (unpaired) electrons. The molecule has 1 heterocycles. The molecule has 0 unspecified atom stereocenters. The SMILES string of the molecule is C=C1C(Br)=CC(c2ccccc2)=C(c2c(F)cc(OCC(F)(F)F)cc2F)N1C.CC. The topological polar surface area (TPSA) is 12.5 Å². The van der Waals surface area contributed by atoms with Crippen LogP contribution in [0, 0.1) is 11.6 Å². The fourth-order valence-corrected chi connectivity index (χ4v) is 3.41. The van der Waals surface area contributed by atoms with Crippen LogP contribution in [0.2, 0.25) is 0 Å². The zero-order valence-electron chi connectivity index (χ0n) is 17.2. The summed E-state index contributed by atoms with van der Waals surface area (Å²) in [7, 11) is 1.60. The summed E-state index contributed by atoms with van der Waals surface area (Å²) in [5.74, 6) is -2.63. The van der Waals surface area contributed by atoms with Gasteiger partial charge in [0.1, 0.15) is 17.4 Å².